The van der Waals surface area contributed by atoms with Gasteiger partial charge in [0.2, 0.25) is 11.9 Å². The number of hydrogen-bond acceptors (Lipinski definition) is 10. The second-order valence-electron chi connectivity index (χ2n) is 10.7. The van der Waals surface area contributed by atoms with E-state index in [1.54, 1.807) is 0 Å². The topological polar surface area (TPSA) is 149 Å². The van der Waals surface area contributed by atoms with E-state index in [-0.39, 0.29) is 6.42 Å². The minimum atomic E-state index is -2.24. The highest BCUT2D eigenvalue weighted by molar-refractivity contribution is 5.94. The molecule has 6 aliphatic rings. The number of hydrogen-bond donors (Lipinski definition) is 3. The molecule has 10 nitrogen and oxygen atoms in total. The molecule has 11 atom stereocenters. The molecule has 0 radical (unpaired) electrons. The fourth-order valence-corrected chi connectivity index (χ4v) is 8.12. The predicted octanol–water partition coefficient (Wildman–Crippen LogP) is -1.37. The molecule has 0 aromatic rings. The maximum absolute atomic E-state index is 13.4. The molecule has 4 saturated heterocycles. The molecule has 3 N–H and O–H groups in total. The van der Waals surface area contributed by atoms with Crippen molar-refractivity contribution in [3.8, 4) is 0 Å². The first-order valence-electron chi connectivity index (χ1n) is 10.2. The quantitative estimate of drug-likeness (QED) is 0.314. The Morgan fingerprint density at radius 1 is 1.03 bits per heavy atom. The molecule has 0 amide bonds. The first kappa shape index (κ1) is 19.0. The van der Waals surface area contributed by atoms with Crippen LogP contribution in [0.4, 0.5) is 0 Å². The molecule has 10 heteroatoms. The van der Waals surface area contributed by atoms with Crippen molar-refractivity contribution in [3.05, 3.63) is 0 Å². The standard InChI is InChI=1S/C20H24O10/c1-6-12(23)28-11-9(21)18-8-5-7(16(2,3)4)17(18)10(22)13(24)29-15(17)30-20(18,14(25)27-8)19(6,11)26/h6-11,15,21-22,26H,5H2,1-4H3/t6?,7-,8?,9-,10?,11?,15?,17?,18?,19?,20?/m0/s1. The van der Waals surface area contributed by atoms with Gasteiger partial charge in [0.1, 0.15) is 12.2 Å². The fourth-order valence-electron chi connectivity index (χ4n) is 8.12. The highest BCUT2D eigenvalue weighted by Crippen LogP contribution is 2.84. The van der Waals surface area contributed by atoms with Crippen LogP contribution in [-0.2, 0) is 33.3 Å². The Morgan fingerprint density at radius 2 is 1.70 bits per heavy atom. The van der Waals surface area contributed by atoms with E-state index < -0.39 is 87.9 Å². The second kappa shape index (κ2) is 4.69. The molecule has 4 heterocycles. The molecule has 9 unspecified atom stereocenters. The van der Waals surface area contributed by atoms with Crippen molar-refractivity contribution in [2.75, 3.05) is 0 Å². The lowest BCUT2D eigenvalue weighted by atomic mass is 9.51. The number of rotatable bonds is 0. The fraction of sp³-hybridized carbons (Fsp3) is 0.850. The first-order chi connectivity index (χ1) is 13.8. The van der Waals surface area contributed by atoms with Crippen molar-refractivity contribution in [2.45, 2.75) is 76.0 Å². The summed E-state index contributed by atoms with van der Waals surface area (Å²) in [6.07, 6.45) is -6.91. The Morgan fingerprint density at radius 3 is 2.33 bits per heavy atom. The summed E-state index contributed by atoms with van der Waals surface area (Å²) in [5, 5.41) is 34.7. The van der Waals surface area contributed by atoms with Crippen LogP contribution < -0.4 is 0 Å². The second-order valence-corrected chi connectivity index (χ2v) is 10.7. The molecule has 4 aliphatic heterocycles. The van der Waals surface area contributed by atoms with Crippen LogP contribution in [0.25, 0.3) is 0 Å². The van der Waals surface area contributed by atoms with E-state index in [4.69, 9.17) is 18.9 Å². The van der Waals surface area contributed by atoms with Crippen LogP contribution in [0.15, 0.2) is 0 Å². The molecular formula is C20H24O10. The van der Waals surface area contributed by atoms with Crippen LogP contribution in [0.2, 0.25) is 0 Å². The van der Waals surface area contributed by atoms with Crippen molar-refractivity contribution in [3.63, 3.8) is 0 Å². The Kier molecular flexibility index (Phi) is 2.97. The van der Waals surface area contributed by atoms with Crippen LogP contribution in [0.1, 0.15) is 34.1 Å². The van der Waals surface area contributed by atoms with Crippen LogP contribution in [-0.4, -0.2) is 75.1 Å². The van der Waals surface area contributed by atoms with Gasteiger partial charge in [-0.15, -0.1) is 0 Å². The summed E-state index contributed by atoms with van der Waals surface area (Å²) in [4.78, 5) is 38.2. The van der Waals surface area contributed by atoms with E-state index >= 15 is 0 Å². The Balaban J connectivity index is 1.72. The third-order valence-corrected chi connectivity index (χ3v) is 9.00. The molecule has 6 rings (SSSR count). The number of carbonyl (C=O) groups is 3. The lowest BCUT2D eigenvalue weighted by Gasteiger charge is -2.47. The number of ether oxygens (including phenoxy) is 4. The van der Waals surface area contributed by atoms with Gasteiger partial charge in [-0.1, -0.05) is 20.8 Å². The van der Waals surface area contributed by atoms with Gasteiger partial charge < -0.3 is 34.3 Å². The number of aliphatic hydroxyl groups is 3. The number of fused-ring (bicyclic) bond motifs is 1. The van der Waals surface area contributed by atoms with E-state index in [2.05, 4.69) is 0 Å². The van der Waals surface area contributed by atoms with Gasteiger partial charge in [-0.25, -0.2) is 9.59 Å². The van der Waals surface area contributed by atoms with Gasteiger partial charge >= 0.3 is 17.9 Å². The minimum Gasteiger partial charge on any atom is -0.459 e. The van der Waals surface area contributed by atoms with Crippen LogP contribution in [0, 0.1) is 28.1 Å². The van der Waals surface area contributed by atoms with E-state index in [0.29, 0.717) is 0 Å². The Hall–Kier alpha value is -1.75. The van der Waals surface area contributed by atoms with Crippen molar-refractivity contribution in [1.29, 1.82) is 0 Å². The Bertz CT molecular complexity index is 925. The SMILES string of the molecule is CC1C(=O)OC2[C@H](O)C34C5C[C@@H](C(C)(C)C)C36C(OC(=O)C6O)OC4(C(=O)O5)C12O. The lowest BCUT2D eigenvalue weighted by Crippen LogP contribution is -2.67. The Labute approximate surface area is 171 Å². The number of aliphatic hydroxyl groups excluding tert-OH is 2. The number of carbonyl (C=O) groups excluding carboxylic acids is 3. The summed E-state index contributed by atoms with van der Waals surface area (Å²) >= 11 is 0. The molecule has 2 spiro atoms. The largest absolute Gasteiger partial charge is 0.459 e. The third-order valence-electron chi connectivity index (χ3n) is 9.00. The lowest BCUT2D eigenvalue weighted by molar-refractivity contribution is -0.239. The summed E-state index contributed by atoms with van der Waals surface area (Å²) in [6, 6.07) is 0. The zero-order valence-electron chi connectivity index (χ0n) is 16.9. The van der Waals surface area contributed by atoms with Crippen LogP contribution in [0.3, 0.4) is 0 Å². The van der Waals surface area contributed by atoms with Crippen LogP contribution in [0.5, 0.6) is 0 Å². The van der Waals surface area contributed by atoms with Crippen molar-refractivity contribution in [1.82, 2.24) is 0 Å². The van der Waals surface area contributed by atoms with Gasteiger partial charge in [0, 0.05) is 0 Å². The molecule has 0 bridgehead atoms. The van der Waals surface area contributed by atoms with Gasteiger partial charge in [-0.2, -0.15) is 0 Å². The molecule has 164 valence electrons. The maximum Gasteiger partial charge on any atom is 0.343 e. The maximum atomic E-state index is 13.4. The van der Waals surface area contributed by atoms with Crippen molar-refractivity contribution >= 4 is 17.9 Å². The molecule has 0 aromatic carbocycles. The molecule has 2 saturated carbocycles. The van der Waals surface area contributed by atoms with Gasteiger partial charge in [-0.3, -0.25) is 4.79 Å². The van der Waals surface area contributed by atoms with E-state index in [1.807, 2.05) is 20.8 Å². The first-order valence-corrected chi connectivity index (χ1v) is 10.2. The zero-order chi connectivity index (χ0) is 21.8. The van der Waals surface area contributed by atoms with Gasteiger partial charge in [0.15, 0.2) is 17.8 Å². The van der Waals surface area contributed by atoms with E-state index in [9.17, 15) is 29.7 Å². The number of esters is 3. The normalized spacial score (nSPS) is 60.1. The molecule has 0 aromatic heterocycles. The average molecular weight is 424 g/mol. The van der Waals surface area contributed by atoms with Gasteiger partial charge in [0.05, 0.1) is 16.7 Å². The molecule has 6 fully saturated rings. The molecule has 2 aliphatic carbocycles. The van der Waals surface area contributed by atoms with Gasteiger partial charge in [-0.05, 0) is 24.7 Å². The molecular weight excluding hydrogens is 400 g/mol. The van der Waals surface area contributed by atoms with E-state index in [0.717, 1.165) is 0 Å². The molecule has 30 heavy (non-hydrogen) atoms. The van der Waals surface area contributed by atoms with E-state index in [1.165, 1.54) is 6.92 Å². The highest BCUT2D eigenvalue weighted by Gasteiger charge is 3.03. The van der Waals surface area contributed by atoms with Gasteiger partial charge in [0.25, 0.3) is 0 Å². The summed E-state index contributed by atoms with van der Waals surface area (Å²) < 4.78 is 22.5. The summed E-state index contributed by atoms with van der Waals surface area (Å²) in [6.45, 7) is 7.14. The highest BCUT2D eigenvalue weighted by atomic mass is 16.8. The van der Waals surface area contributed by atoms with Crippen molar-refractivity contribution < 1.29 is 48.7 Å². The monoisotopic (exact) mass is 424 g/mol. The third kappa shape index (κ3) is 1.33. The van der Waals surface area contributed by atoms with Crippen molar-refractivity contribution in [2.24, 2.45) is 28.1 Å². The predicted molar refractivity (Wildman–Crippen MR) is 92.0 cm³/mol. The zero-order valence-corrected chi connectivity index (χ0v) is 16.9. The smallest absolute Gasteiger partial charge is 0.343 e. The average Bonchev–Trinajstić information content (AvgIpc) is 3.35. The summed E-state index contributed by atoms with van der Waals surface area (Å²) in [7, 11) is 0. The minimum absolute atomic E-state index is 0.229. The van der Waals surface area contributed by atoms with Crippen LogP contribution >= 0.6 is 0 Å². The summed E-state index contributed by atoms with van der Waals surface area (Å²) in [5.74, 6) is -4.32. The summed E-state index contributed by atoms with van der Waals surface area (Å²) in [5.41, 5.74) is -8.26.